The van der Waals surface area contributed by atoms with Crippen LogP contribution >= 0.6 is 0 Å². The number of ether oxygens (including phenoxy) is 2. The van der Waals surface area contributed by atoms with Gasteiger partial charge in [0.15, 0.2) is 5.69 Å². The van der Waals surface area contributed by atoms with Crippen LogP contribution in [0.2, 0.25) is 0 Å². The van der Waals surface area contributed by atoms with Crippen LogP contribution in [0.5, 0.6) is 0 Å². The number of aromatic amines is 1. The fourth-order valence-electron chi connectivity index (χ4n) is 4.88. The number of urea groups is 1. The number of nitrogens with zero attached hydrogens (tertiary/aromatic N) is 4. The summed E-state index contributed by atoms with van der Waals surface area (Å²) in [7, 11) is 0. The summed E-state index contributed by atoms with van der Waals surface area (Å²) in [5.74, 6) is -0.0766. The second kappa shape index (κ2) is 10.6. The fourth-order valence-corrected chi connectivity index (χ4v) is 4.88. The third-order valence-electron chi connectivity index (χ3n) is 7.48. The van der Waals surface area contributed by atoms with Gasteiger partial charge in [0.1, 0.15) is 23.6 Å². The number of hydrogen-bond acceptors (Lipinski definition) is 8. The minimum absolute atomic E-state index is 0.0446. The van der Waals surface area contributed by atoms with E-state index in [1.54, 1.807) is 25.1 Å². The molecular weight excluding hydrogens is 547 g/mol. The van der Waals surface area contributed by atoms with E-state index in [-0.39, 0.29) is 24.5 Å². The first-order valence-corrected chi connectivity index (χ1v) is 13.6. The molecule has 2 aliphatic carbocycles. The molecule has 6 rings (SSSR count). The number of imidazole rings is 1. The molecule has 0 radical (unpaired) electrons. The highest BCUT2D eigenvalue weighted by atomic mass is 19.4. The van der Waals surface area contributed by atoms with Crippen LogP contribution in [0, 0.1) is 6.92 Å². The van der Waals surface area contributed by atoms with Gasteiger partial charge in [0.05, 0.1) is 48.5 Å². The topological polar surface area (TPSA) is 147 Å². The summed E-state index contributed by atoms with van der Waals surface area (Å²) in [6.45, 7) is 2.98. The number of amides is 3. The second-order valence-corrected chi connectivity index (χ2v) is 10.8. The van der Waals surface area contributed by atoms with Crippen LogP contribution in [0.1, 0.15) is 72.3 Å². The first kappa shape index (κ1) is 27.4. The number of aromatic nitrogens is 4. The van der Waals surface area contributed by atoms with Crippen molar-refractivity contribution in [1.82, 2.24) is 35.8 Å². The normalized spacial score (nSPS) is 21.6. The minimum Gasteiger partial charge on any atom is -0.376 e. The molecular formula is C26H30F3N7O5. The zero-order valence-corrected chi connectivity index (χ0v) is 22.4. The van der Waals surface area contributed by atoms with Gasteiger partial charge in [-0.15, -0.1) is 0 Å². The van der Waals surface area contributed by atoms with Crippen LogP contribution in [0.3, 0.4) is 0 Å². The number of nitrogens with one attached hydrogen (secondary N) is 3. The van der Waals surface area contributed by atoms with Gasteiger partial charge in [-0.2, -0.15) is 13.2 Å². The monoisotopic (exact) mass is 577 g/mol. The molecule has 3 aliphatic rings. The van der Waals surface area contributed by atoms with Crippen LogP contribution in [0.15, 0.2) is 22.8 Å². The smallest absolute Gasteiger partial charge is 0.376 e. The maximum absolute atomic E-state index is 13.4. The van der Waals surface area contributed by atoms with E-state index in [4.69, 9.17) is 14.5 Å². The summed E-state index contributed by atoms with van der Waals surface area (Å²) in [4.78, 5) is 34.7. The maximum Gasteiger partial charge on any atom is 0.410 e. The lowest BCUT2D eigenvalue weighted by molar-refractivity contribution is -0.150. The Morgan fingerprint density at radius 3 is 2.61 bits per heavy atom. The number of fused-ring (bicyclic) bond motifs is 1. The molecule has 220 valence electrons. The number of carbonyl (C=O) groups excluding carboxylic acids is 2. The van der Waals surface area contributed by atoms with Gasteiger partial charge in [-0.3, -0.25) is 4.79 Å². The van der Waals surface area contributed by atoms with E-state index >= 15 is 0 Å². The number of H-pyrrole nitrogens is 1. The lowest BCUT2D eigenvalue weighted by Gasteiger charge is -2.27. The number of alkyl halides is 3. The predicted molar refractivity (Wildman–Crippen MR) is 136 cm³/mol. The first-order chi connectivity index (χ1) is 19.6. The molecule has 3 N–H and O–H groups in total. The molecule has 15 heteroatoms. The highest BCUT2D eigenvalue weighted by Gasteiger charge is 2.49. The maximum atomic E-state index is 13.4. The third-order valence-corrected chi connectivity index (χ3v) is 7.48. The average molecular weight is 578 g/mol. The molecule has 2 aromatic heterocycles. The molecule has 3 heterocycles. The molecule has 3 amide bonds. The second-order valence-electron chi connectivity index (χ2n) is 10.8. The van der Waals surface area contributed by atoms with E-state index < -0.39 is 48.9 Å². The molecule has 3 aromatic rings. The van der Waals surface area contributed by atoms with Crippen molar-refractivity contribution in [2.75, 3.05) is 13.2 Å². The van der Waals surface area contributed by atoms with Gasteiger partial charge in [0.25, 0.3) is 5.91 Å². The Morgan fingerprint density at radius 2 is 1.98 bits per heavy atom. The highest BCUT2D eigenvalue weighted by molar-refractivity contribution is 5.93. The van der Waals surface area contributed by atoms with Crippen molar-refractivity contribution >= 4 is 23.0 Å². The molecule has 1 aromatic carbocycles. The fraction of sp³-hybridized carbons (Fsp3) is 0.577. The number of halogens is 3. The molecule has 4 atom stereocenters. The third kappa shape index (κ3) is 6.00. The summed E-state index contributed by atoms with van der Waals surface area (Å²) in [6.07, 6.45) is -1.23. The summed E-state index contributed by atoms with van der Waals surface area (Å²) in [5.41, 5.74) is 2.12. The van der Waals surface area contributed by atoms with Gasteiger partial charge in [0.2, 0.25) is 0 Å². The van der Waals surface area contributed by atoms with Crippen molar-refractivity contribution in [1.29, 1.82) is 0 Å². The molecule has 1 aliphatic heterocycles. The Hall–Kier alpha value is -3.72. The van der Waals surface area contributed by atoms with Crippen LogP contribution < -0.4 is 10.6 Å². The molecule has 0 spiro atoms. The molecule has 2 saturated carbocycles. The first-order valence-electron chi connectivity index (χ1n) is 13.6. The largest absolute Gasteiger partial charge is 0.410 e. The SMILES string of the molecule is Cc1nonc1C(=O)N[C@H](c1nc2cc([C@@H](COC3CC3)N3C[C@@H](C(F)(F)F)NC3=O)ccc2[nH]1)[C@@H](C)OC1CC1. The van der Waals surface area contributed by atoms with Crippen molar-refractivity contribution in [3.8, 4) is 0 Å². The summed E-state index contributed by atoms with van der Waals surface area (Å²) in [6, 6.07) is 1.02. The van der Waals surface area contributed by atoms with Crippen LogP contribution in [0.25, 0.3) is 11.0 Å². The predicted octanol–water partition coefficient (Wildman–Crippen LogP) is 3.47. The van der Waals surface area contributed by atoms with Gasteiger partial charge in [-0.1, -0.05) is 11.2 Å². The van der Waals surface area contributed by atoms with E-state index in [2.05, 4.69) is 25.2 Å². The Kier molecular flexibility index (Phi) is 7.09. The molecule has 41 heavy (non-hydrogen) atoms. The van der Waals surface area contributed by atoms with Crippen molar-refractivity contribution < 1.29 is 36.9 Å². The molecule has 3 fully saturated rings. The number of benzene rings is 1. The van der Waals surface area contributed by atoms with Crippen molar-refractivity contribution in [3.05, 3.63) is 41.0 Å². The summed E-state index contributed by atoms with van der Waals surface area (Å²) in [5, 5.41) is 12.3. The van der Waals surface area contributed by atoms with Gasteiger partial charge in [0, 0.05) is 0 Å². The standard InChI is InChI=1S/C26H30F3N7O5/c1-12-21(35-41-34-12)24(37)33-22(13(2)40-16-6-7-16)23-30-17-8-3-14(9-18(17)31-23)19(11-39-15-4-5-15)36-10-20(26(27,28)29)32-25(36)38/h3,8-9,13,15-16,19-20,22H,4-7,10-11H2,1-2H3,(H,30,31)(H,32,38)(H,33,37)/t13-,19-,20+,22+/m1/s1. The number of rotatable bonds is 11. The van der Waals surface area contributed by atoms with E-state index in [9.17, 15) is 22.8 Å². The number of hydrogen-bond donors (Lipinski definition) is 3. The van der Waals surface area contributed by atoms with Crippen molar-refractivity contribution in [2.45, 2.75) is 82.1 Å². The summed E-state index contributed by atoms with van der Waals surface area (Å²) < 4.78 is 56.8. The van der Waals surface area contributed by atoms with Gasteiger partial charge >= 0.3 is 12.2 Å². The van der Waals surface area contributed by atoms with Crippen LogP contribution in [0.4, 0.5) is 18.0 Å². The number of aryl methyl sites for hydroxylation is 1. The molecule has 0 bridgehead atoms. The minimum atomic E-state index is -4.56. The van der Waals surface area contributed by atoms with Gasteiger partial charge in [-0.05, 0) is 62.4 Å². The number of carbonyl (C=O) groups is 2. The quantitative estimate of drug-likeness (QED) is 0.314. The van der Waals surface area contributed by atoms with Crippen LogP contribution in [-0.2, 0) is 9.47 Å². The van der Waals surface area contributed by atoms with Crippen LogP contribution in [-0.4, -0.2) is 80.8 Å². The van der Waals surface area contributed by atoms with E-state index in [0.29, 0.717) is 28.1 Å². The lowest BCUT2D eigenvalue weighted by atomic mass is 10.1. The van der Waals surface area contributed by atoms with Gasteiger partial charge in [-0.25, -0.2) is 14.4 Å². The Morgan fingerprint density at radius 1 is 1.22 bits per heavy atom. The molecule has 12 nitrogen and oxygen atoms in total. The van der Waals surface area contributed by atoms with E-state index in [1.165, 1.54) is 0 Å². The van der Waals surface area contributed by atoms with E-state index in [1.807, 2.05) is 12.2 Å². The zero-order chi connectivity index (χ0) is 28.9. The Labute approximate surface area is 232 Å². The van der Waals surface area contributed by atoms with Crippen molar-refractivity contribution in [3.63, 3.8) is 0 Å². The molecule has 0 unspecified atom stereocenters. The average Bonchev–Trinajstić information content (AvgIpc) is 3.79. The van der Waals surface area contributed by atoms with Gasteiger partial charge < -0.3 is 30.0 Å². The molecule has 1 saturated heterocycles. The van der Waals surface area contributed by atoms with E-state index in [0.717, 1.165) is 30.6 Å². The highest BCUT2D eigenvalue weighted by Crippen LogP contribution is 2.34. The summed E-state index contributed by atoms with van der Waals surface area (Å²) >= 11 is 0. The van der Waals surface area contributed by atoms with Crippen molar-refractivity contribution in [2.24, 2.45) is 0 Å². The zero-order valence-electron chi connectivity index (χ0n) is 22.4. The Bertz CT molecular complexity index is 1430. The lowest BCUT2D eigenvalue weighted by Crippen LogP contribution is -2.40. The Balaban J connectivity index is 1.29.